The number of hydrogen-bond donors (Lipinski definition) is 1. The molecular weight excluding hydrogens is 328 g/mol. The Bertz CT molecular complexity index is 733. The zero-order chi connectivity index (χ0) is 18.1. The number of nitrogens with one attached hydrogen (secondary N) is 1. The maximum atomic E-state index is 12.5. The van der Waals surface area contributed by atoms with Gasteiger partial charge in [-0.3, -0.25) is 9.59 Å². The van der Waals surface area contributed by atoms with Gasteiger partial charge in [-0.15, -0.1) is 0 Å². The molecule has 1 aromatic carbocycles. The van der Waals surface area contributed by atoms with E-state index >= 15 is 0 Å². The highest BCUT2D eigenvalue weighted by molar-refractivity contribution is 7.93. The van der Waals surface area contributed by atoms with E-state index in [0.717, 1.165) is 0 Å². The molecule has 1 aromatic rings. The topological polar surface area (TPSA) is 83.6 Å². The number of amides is 2. The summed E-state index contributed by atoms with van der Waals surface area (Å²) in [6.07, 6.45) is 0.468. The van der Waals surface area contributed by atoms with Crippen LogP contribution in [-0.4, -0.2) is 48.2 Å². The SMILES string of the molecule is CC(=O)Nc1ccc(C(=O)N2CC[C@H](S(=O)(=O)C(C)(C)C)C2)cc1. The van der Waals surface area contributed by atoms with E-state index in [1.54, 1.807) is 49.9 Å². The number of likely N-dealkylation sites (tertiary alicyclic amines) is 1. The lowest BCUT2D eigenvalue weighted by Gasteiger charge is -2.24. The van der Waals surface area contributed by atoms with Crippen molar-refractivity contribution in [2.45, 2.75) is 44.1 Å². The molecule has 0 saturated carbocycles. The molecule has 7 heteroatoms. The summed E-state index contributed by atoms with van der Waals surface area (Å²) in [4.78, 5) is 25.1. The fourth-order valence-corrected chi connectivity index (χ4v) is 4.54. The first-order valence-corrected chi connectivity index (χ1v) is 9.47. The van der Waals surface area contributed by atoms with Crippen molar-refractivity contribution in [2.24, 2.45) is 0 Å². The van der Waals surface area contributed by atoms with Gasteiger partial charge in [-0.2, -0.15) is 0 Å². The summed E-state index contributed by atoms with van der Waals surface area (Å²) < 4.78 is 24.2. The normalized spacial score (nSPS) is 18.5. The quantitative estimate of drug-likeness (QED) is 0.903. The zero-order valence-electron chi connectivity index (χ0n) is 14.5. The predicted molar refractivity (Wildman–Crippen MR) is 93.7 cm³/mol. The maximum Gasteiger partial charge on any atom is 0.253 e. The van der Waals surface area contributed by atoms with Crippen LogP contribution in [0.5, 0.6) is 0 Å². The fraction of sp³-hybridized carbons (Fsp3) is 0.529. The monoisotopic (exact) mass is 352 g/mol. The summed E-state index contributed by atoms with van der Waals surface area (Å²) >= 11 is 0. The first kappa shape index (κ1) is 18.4. The van der Waals surface area contributed by atoms with Gasteiger partial charge in [-0.25, -0.2) is 8.42 Å². The second kappa shape index (κ2) is 6.55. The Morgan fingerprint density at radius 2 is 1.75 bits per heavy atom. The molecule has 6 nitrogen and oxygen atoms in total. The van der Waals surface area contributed by atoms with Crippen LogP contribution in [0.3, 0.4) is 0 Å². The molecule has 0 unspecified atom stereocenters. The average molecular weight is 352 g/mol. The highest BCUT2D eigenvalue weighted by Gasteiger charge is 2.41. The van der Waals surface area contributed by atoms with E-state index in [2.05, 4.69) is 5.32 Å². The van der Waals surface area contributed by atoms with Gasteiger partial charge in [-0.05, 0) is 51.5 Å². The van der Waals surface area contributed by atoms with Crippen LogP contribution in [0.1, 0.15) is 44.5 Å². The van der Waals surface area contributed by atoms with Crippen molar-refractivity contribution >= 4 is 27.3 Å². The number of anilines is 1. The van der Waals surface area contributed by atoms with E-state index in [-0.39, 0.29) is 18.4 Å². The molecule has 1 N–H and O–H groups in total. The molecule has 2 rings (SSSR count). The molecule has 1 heterocycles. The lowest BCUT2D eigenvalue weighted by molar-refractivity contribution is -0.114. The molecule has 0 bridgehead atoms. The molecule has 1 saturated heterocycles. The molecule has 132 valence electrons. The van der Waals surface area contributed by atoms with Crippen molar-refractivity contribution in [3.63, 3.8) is 0 Å². The standard InChI is InChI=1S/C17H24N2O4S/c1-12(20)18-14-7-5-13(6-8-14)16(21)19-10-9-15(11-19)24(22,23)17(2,3)4/h5-8,15H,9-11H2,1-4H3,(H,18,20)/t15-/m0/s1. The van der Waals surface area contributed by atoms with E-state index in [0.29, 0.717) is 24.2 Å². The molecule has 1 aliphatic rings. The lowest BCUT2D eigenvalue weighted by atomic mass is 10.2. The summed E-state index contributed by atoms with van der Waals surface area (Å²) in [5.41, 5.74) is 1.10. The molecule has 1 fully saturated rings. The number of hydrogen-bond acceptors (Lipinski definition) is 4. The van der Waals surface area contributed by atoms with Gasteiger partial charge in [-0.1, -0.05) is 0 Å². The number of benzene rings is 1. The van der Waals surface area contributed by atoms with Crippen molar-refractivity contribution < 1.29 is 18.0 Å². The molecule has 1 atom stereocenters. The molecule has 1 aliphatic heterocycles. The molecular formula is C17H24N2O4S. The molecule has 24 heavy (non-hydrogen) atoms. The van der Waals surface area contributed by atoms with Crippen LogP contribution < -0.4 is 5.32 Å². The van der Waals surface area contributed by atoms with E-state index in [1.165, 1.54) is 6.92 Å². The van der Waals surface area contributed by atoms with Gasteiger partial charge >= 0.3 is 0 Å². The molecule has 0 aliphatic carbocycles. The molecule has 0 aromatic heterocycles. The number of sulfone groups is 1. The van der Waals surface area contributed by atoms with Crippen LogP contribution in [0, 0.1) is 0 Å². The lowest BCUT2D eigenvalue weighted by Crippen LogP contribution is -2.39. The minimum atomic E-state index is -3.29. The van der Waals surface area contributed by atoms with Crippen LogP contribution in [0.4, 0.5) is 5.69 Å². The Balaban J connectivity index is 2.08. The Morgan fingerprint density at radius 3 is 2.25 bits per heavy atom. The van der Waals surface area contributed by atoms with Crippen LogP contribution >= 0.6 is 0 Å². The Hall–Kier alpha value is -1.89. The summed E-state index contributed by atoms with van der Waals surface area (Å²) in [6, 6.07) is 6.60. The van der Waals surface area contributed by atoms with Gasteiger partial charge in [0.05, 0.1) is 10.00 Å². The number of rotatable bonds is 3. The highest BCUT2D eigenvalue weighted by Crippen LogP contribution is 2.28. The smallest absolute Gasteiger partial charge is 0.253 e. The van der Waals surface area contributed by atoms with Crippen molar-refractivity contribution in [1.82, 2.24) is 4.90 Å². The van der Waals surface area contributed by atoms with Gasteiger partial charge in [0.1, 0.15) is 0 Å². The van der Waals surface area contributed by atoms with Gasteiger partial charge in [0, 0.05) is 31.3 Å². The van der Waals surface area contributed by atoms with Crippen molar-refractivity contribution in [3.8, 4) is 0 Å². The summed E-state index contributed by atoms with van der Waals surface area (Å²) in [7, 11) is -3.29. The van der Waals surface area contributed by atoms with Crippen molar-refractivity contribution in [2.75, 3.05) is 18.4 Å². The largest absolute Gasteiger partial charge is 0.337 e. The molecule has 0 radical (unpaired) electrons. The Labute approximate surface area is 143 Å². The van der Waals surface area contributed by atoms with E-state index in [4.69, 9.17) is 0 Å². The third-order valence-electron chi connectivity index (χ3n) is 4.18. The number of carbonyl (C=O) groups is 2. The molecule has 0 spiro atoms. The van der Waals surface area contributed by atoms with E-state index in [9.17, 15) is 18.0 Å². The molecule has 2 amide bonds. The average Bonchev–Trinajstić information content (AvgIpc) is 2.96. The first-order valence-electron chi connectivity index (χ1n) is 7.93. The van der Waals surface area contributed by atoms with Crippen LogP contribution in [0.2, 0.25) is 0 Å². The van der Waals surface area contributed by atoms with E-state index in [1.807, 2.05) is 0 Å². The van der Waals surface area contributed by atoms with Crippen molar-refractivity contribution in [1.29, 1.82) is 0 Å². The van der Waals surface area contributed by atoms with E-state index < -0.39 is 19.8 Å². The fourth-order valence-electron chi connectivity index (χ4n) is 2.75. The zero-order valence-corrected chi connectivity index (χ0v) is 15.3. The third-order valence-corrected chi connectivity index (χ3v) is 7.15. The number of carbonyl (C=O) groups excluding carboxylic acids is 2. The summed E-state index contributed by atoms with van der Waals surface area (Å²) in [5, 5.41) is 2.13. The maximum absolute atomic E-state index is 12.5. The number of nitrogens with zero attached hydrogens (tertiary/aromatic N) is 1. The Morgan fingerprint density at radius 1 is 1.17 bits per heavy atom. The minimum absolute atomic E-state index is 0.177. The predicted octanol–water partition coefficient (Wildman–Crippen LogP) is 2.07. The van der Waals surface area contributed by atoms with Crippen LogP contribution in [0.15, 0.2) is 24.3 Å². The summed E-state index contributed by atoms with van der Waals surface area (Å²) in [5.74, 6) is -0.361. The van der Waals surface area contributed by atoms with Gasteiger partial charge in [0.15, 0.2) is 9.84 Å². The first-order chi connectivity index (χ1) is 11.0. The minimum Gasteiger partial charge on any atom is -0.337 e. The van der Waals surface area contributed by atoms with Crippen LogP contribution in [0.25, 0.3) is 0 Å². The summed E-state index contributed by atoms with van der Waals surface area (Å²) in [6.45, 7) is 7.14. The van der Waals surface area contributed by atoms with Gasteiger partial charge < -0.3 is 10.2 Å². The second-order valence-electron chi connectivity index (χ2n) is 7.08. The van der Waals surface area contributed by atoms with Crippen LogP contribution in [-0.2, 0) is 14.6 Å². The highest BCUT2D eigenvalue weighted by atomic mass is 32.2. The Kier molecular flexibility index (Phi) is 5.03. The van der Waals surface area contributed by atoms with Gasteiger partial charge in [0.2, 0.25) is 5.91 Å². The second-order valence-corrected chi connectivity index (χ2v) is 10.1. The van der Waals surface area contributed by atoms with Crippen molar-refractivity contribution in [3.05, 3.63) is 29.8 Å². The third kappa shape index (κ3) is 3.77. The van der Waals surface area contributed by atoms with Gasteiger partial charge in [0.25, 0.3) is 5.91 Å².